The highest BCUT2D eigenvalue weighted by Gasteiger charge is 2.17. The number of benzene rings is 1. The highest BCUT2D eigenvalue weighted by Crippen LogP contribution is 2.20. The van der Waals surface area contributed by atoms with Crippen LogP contribution in [0, 0.1) is 5.92 Å². The van der Waals surface area contributed by atoms with Crippen molar-refractivity contribution >= 4 is 40.2 Å². The summed E-state index contributed by atoms with van der Waals surface area (Å²) in [5.41, 5.74) is 1.05. The number of halogens is 1. The summed E-state index contributed by atoms with van der Waals surface area (Å²) >= 11 is 6.04. The maximum absolute atomic E-state index is 12.3. The van der Waals surface area contributed by atoms with E-state index >= 15 is 0 Å². The fourth-order valence-corrected chi connectivity index (χ4v) is 3.63. The Balaban J connectivity index is 1.39. The summed E-state index contributed by atoms with van der Waals surface area (Å²) in [5, 5.41) is 7.29. The normalized spacial score (nSPS) is 14.6. The van der Waals surface area contributed by atoms with Crippen molar-refractivity contribution in [2.75, 3.05) is 23.8 Å². The van der Waals surface area contributed by atoms with Gasteiger partial charge in [-0.1, -0.05) is 11.6 Å². The first-order valence-electron chi connectivity index (χ1n) is 9.83. The lowest BCUT2D eigenvalue weighted by molar-refractivity contribution is -0.117. The van der Waals surface area contributed by atoms with Crippen molar-refractivity contribution in [2.45, 2.75) is 25.8 Å². The summed E-state index contributed by atoms with van der Waals surface area (Å²) < 4.78 is 5.32. The molecule has 2 aromatic heterocycles. The van der Waals surface area contributed by atoms with Crippen molar-refractivity contribution in [3.63, 3.8) is 0 Å². The Morgan fingerprint density at radius 2 is 2.07 bits per heavy atom. The van der Waals surface area contributed by atoms with E-state index in [0.29, 0.717) is 47.9 Å². The lowest BCUT2D eigenvalue weighted by Gasteiger charge is -2.21. The molecule has 8 nitrogen and oxygen atoms in total. The van der Waals surface area contributed by atoms with E-state index in [4.69, 9.17) is 16.3 Å². The van der Waals surface area contributed by atoms with Gasteiger partial charge >= 0.3 is 0 Å². The number of hydrogen-bond donors (Lipinski definition) is 3. The molecule has 9 heteroatoms. The first kappa shape index (κ1) is 20.3. The van der Waals surface area contributed by atoms with Crippen LogP contribution >= 0.6 is 11.6 Å². The first-order chi connectivity index (χ1) is 14.6. The number of carbonyl (C=O) groups excluding carboxylic acids is 1. The van der Waals surface area contributed by atoms with Gasteiger partial charge in [-0.2, -0.15) is 4.98 Å². The molecule has 156 valence electrons. The zero-order valence-electron chi connectivity index (χ0n) is 16.3. The van der Waals surface area contributed by atoms with Gasteiger partial charge in [0.1, 0.15) is 5.82 Å². The first-order valence-corrected chi connectivity index (χ1v) is 10.2. The maximum atomic E-state index is 12.3. The van der Waals surface area contributed by atoms with Crippen LogP contribution in [0.2, 0.25) is 5.02 Å². The Kier molecular flexibility index (Phi) is 6.25. The van der Waals surface area contributed by atoms with Crippen LogP contribution in [0.1, 0.15) is 24.8 Å². The van der Waals surface area contributed by atoms with Gasteiger partial charge < -0.3 is 20.4 Å². The Bertz CT molecular complexity index is 1110. The van der Waals surface area contributed by atoms with Crippen LogP contribution in [0.15, 0.2) is 41.3 Å². The molecule has 1 aliphatic heterocycles. The molecule has 1 fully saturated rings. The molecule has 3 heterocycles. The minimum Gasteiger partial charge on any atom is -0.381 e. The second-order valence-electron chi connectivity index (χ2n) is 7.28. The van der Waals surface area contributed by atoms with E-state index in [1.54, 1.807) is 36.5 Å². The van der Waals surface area contributed by atoms with Gasteiger partial charge in [-0.25, -0.2) is 4.98 Å². The Hall–Kier alpha value is -2.97. The van der Waals surface area contributed by atoms with E-state index in [0.717, 1.165) is 23.7 Å². The molecule has 0 atom stereocenters. The average Bonchev–Trinajstić information content (AvgIpc) is 2.73. The number of pyridine rings is 1. The van der Waals surface area contributed by atoms with E-state index in [-0.39, 0.29) is 18.0 Å². The van der Waals surface area contributed by atoms with Gasteiger partial charge in [0.05, 0.1) is 0 Å². The zero-order valence-corrected chi connectivity index (χ0v) is 17.0. The van der Waals surface area contributed by atoms with Crippen LogP contribution in [0.4, 0.5) is 11.8 Å². The zero-order chi connectivity index (χ0) is 20.9. The second kappa shape index (κ2) is 9.23. The number of aromatic nitrogens is 3. The maximum Gasteiger partial charge on any atom is 0.253 e. The number of fused-ring (bicyclic) bond motifs is 1. The third-order valence-electron chi connectivity index (χ3n) is 5.06. The number of nitrogens with one attached hydrogen (secondary N) is 3. The number of ether oxygens (including phenoxy) is 1. The molecule has 30 heavy (non-hydrogen) atoms. The average molecular weight is 428 g/mol. The van der Waals surface area contributed by atoms with Crippen LogP contribution in [-0.4, -0.2) is 34.1 Å². The monoisotopic (exact) mass is 427 g/mol. The van der Waals surface area contributed by atoms with Crippen LogP contribution in [0.25, 0.3) is 10.9 Å². The third-order valence-corrected chi connectivity index (χ3v) is 5.29. The number of aromatic amines is 1. The molecule has 0 saturated carbocycles. The van der Waals surface area contributed by atoms with E-state index < -0.39 is 0 Å². The van der Waals surface area contributed by atoms with Gasteiger partial charge in [0, 0.05) is 53.9 Å². The molecular formula is C21H22ClN5O3. The molecule has 0 spiro atoms. The number of hydrogen-bond acceptors (Lipinski definition) is 6. The summed E-state index contributed by atoms with van der Waals surface area (Å²) in [6.45, 7) is 1.65. The molecule has 4 rings (SSSR count). The fraction of sp³-hybridized carbons (Fsp3) is 0.333. The topological polar surface area (TPSA) is 109 Å². The summed E-state index contributed by atoms with van der Waals surface area (Å²) in [6, 6.07) is 8.71. The van der Waals surface area contributed by atoms with E-state index in [1.807, 2.05) is 0 Å². The lowest BCUT2D eigenvalue weighted by Crippen LogP contribution is -2.22. The number of H-pyrrole nitrogens is 1. The van der Waals surface area contributed by atoms with E-state index in [9.17, 15) is 9.59 Å². The molecule has 1 aromatic carbocycles. The summed E-state index contributed by atoms with van der Waals surface area (Å²) in [5.74, 6) is 1.01. The SMILES string of the molecule is O=C(CC1CCOCC1)Nc1ccnc(NCc2cc3cc(Cl)ccc3[nH]c2=O)n1. The van der Waals surface area contributed by atoms with Gasteiger partial charge in [0.25, 0.3) is 5.56 Å². The minimum absolute atomic E-state index is 0.0746. The predicted octanol–water partition coefficient (Wildman–Crippen LogP) is 3.34. The number of rotatable bonds is 6. The predicted molar refractivity (Wildman–Crippen MR) is 116 cm³/mol. The summed E-state index contributed by atoms with van der Waals surface area (Å²) in [6.07, 6.45) is 3.81. The number of amides is 1. The third kappa shape index (κ3) is 5.14. The van der Waals surface area contributed by atoms with Gasteiger partial charge in [-0.05, 0) is 49.1 Å². The molecule has 1 aliphatic rings. The van der Waals surface area contributed by atoms with Crippen molar-refractivity contribution < 1.29 is 9.53 Å². The molecule has 3 aromatic rings. The fourth-order valence-electron chi connectivity index (χ4n) is 3.45. The number of anilines is 2. The van der Waals surface area contributed by atoms with Crippen molar-refractivity contribution in [1.82, 2.24) is 15.0 Å². The smallest absolute Gasteiger partial charge is 0.253 e. The van der Waals surface area contributed by atoms with Gasteiger partial charge in [-0.3, -0.25) is 9.59 Å². The Morgan fingerprint density at radius 1 is 1.23 bits per heavy atom. The second-order valence-corrected chi connectivity index (χ2v) is 7.72. The molecular weight excluding hydrogens is 406 g/mol. The van der Waals surface area contributed by atoms with Gasteiger partial charge in [0.2, 0.25) is 11.9 Å². The summed E-state index contributed by atoms with van der Waals surface area (Å²) in [7, 11) is 0. The van der Waals surface area contributed by atoms with E-state index in [2.05, 4.69) is 25.6 Å². The highest BCUT2D eigenvalue weighted by atomic mass is 35.5. The van der Waals surface area contributed by atoms with Gasteiger partial charge in [0.15, 0.2) is 0 Å². The van der Waals surface area contributed by atoms with Crippen LogP contribution in [0.5, 0.6) is 0 Å². The molecule has 0 radical (unpaired) electrons. The summed E-state index contributed by atoms with van der Waals surface area (Å²) in [4.78, 5) is 35.9. The van der Waals surface area contributed by atoms with Crippen molar-refractivity contribution in [3.05, 3.63) is 57.5 Å². The largest absolute Gasteiger partial charge is 0.381 e. The van der Waals surface area contributed by atoms with Crippen molar-refractivity contribution in [3.8, 4) is 0 Å². The van der Waals surface area contributed by atoms with Crippen molar-refractivity contribution in [1.29, 1.82) is 0 Å². The number of nitrogens with zero attached hydrogens (tertiary/aromatic N) is 2. The Labute approximate surface area is 178 Å². The molecule has 0 bridgehead atoms. The Morgan fingerprint density at radius 3 is 2.90 bits per heavy atom. The molecule has 1 amide bonds. The standard InChI is InChI=1S/C21H22ClN5O3/c22-16-1-2-17-14(11-16)10-15(20(29)25-17)12-24-21-23-6-3-18(27-21)26-19(28)9-13-4-7-30-8-5-13/h1-3,6,10-11,13H,4-5,7-9,12H2,(H,25,29)(H2,23,24,26,27,28). The van der Waals surface area contributed by atoms with Crippen LogP contribution < -0.4 is 16.2 Å². The number of carbonyl (C=O) groups is 1. The van der Waals surface area contributed by atoms with Crippen LogP contribution in [0.3, 0.4) is 0 Å². The van der Waals surface area contributed by atoms with E-state index in [1.165, 1.54) is 0 Å². The quantitative estimate of drug-likeness (QED) is 0.556. The van der Waals surface area contributed by atoms with Crippen molar-refractivity contribution in [2.24, 2.45) is 5.92 Å². The highest BCUT2D eigenvalue weighted by molar-refractivity contribution is 6.31. The molecule has 0 unspecified atom stereocenters. The van der Waals surface area contributed by atoms with Crippen LogP contribution in [-0.2, 0) is 16.1 Å². The van der Waals surface area contributed by atoms with Gasteiger partial charge in [-0.15, -0.1) is 0 Å². The minimum atomic E-state index is -0.196. The lowest BCUT2D eigenvalue weighted by atomic mass is 9.96. The molecule has 1 saturated heterocycles. The molecule has 3 N–H and O–H groups in total. The molecule has 0 aliphatic carbocycles.